The maximum atomic E-state index is 12.8. The van der Waals surface area contributed by atoms with Crippen molar-refractivity contribution in [1.29, 1.82) is 0 Å². The molecule has 0 aliphatic carbocycles. The Balaban J connectivity index is 2.30. The Kier molecular flexibility index (Phi) is 6.80. The fraction of sp³-hybridized carbons (Fsp3) is 0.500. The Labute approximate surface area is 112 Å². The Morgan fingerprint density at radius 1 is 1.39 bits per heavy atom. The predicted octanol–water partition coefficient (Wildman–Crippen LogP) is 3.96. The summed E-state index contributed by atoms with van der Waals surface area (Å²) >= 11 is 1.50. The van der Waals surface area contributed by atoms with Crippen molar-refractivity contribution in [2.75, 3.05) is 12.4 Å². The molecule has 0 aliphatic heterocycles. The van der Waals surface area contributed by atoms with Crippen LogP contribution >= 0.6 is 11.8 Å². The number of ether oxygens (including phenoxy) is 1. The second-order valence-electron chi connectivity index (χ2n) is 4.08. The van der Waals surface area contributed by atoms with Crippen molar-refractivity contribution in [2.24, 2.45) is 0 Å². The van der Waals surface area contributed by atoms with Crippen LogP contribution in [-0.2, 0) is 9.53 Å². The van der Waals surface area contributed by atoms with Crippen LogP contribution in [0.2, 0.25) is 0 Å². The van der Waals surface area contributed by atoms with Crippen LogP contribution in [-0.4, -0.2) is 18.3 Å². The highest BCUT2D eigenvalue weighted by molar-refractivity contribution is 8.00. The van der Waals surface area contributed by atoms with E-state index in [2.05, 4.69) is 6.92 Å². The monoisotopic (exact) mass is 270 g/mol. The number of thioether (sulfide) groups is 1. The number of esters is 1. The Hall–Kier alpha value is -1.03. The smallest absolute Gasteiger partial charge is 0.315 e. The van der Waals surface area contributed by atoms with Gasteiger partial charge >= 0.3 is 5.97 Å². The van der Waals surface area contributed by atoms with Crippen molar-refractivity contribution in [3.63, 3.8) is 0 Å². The lowest BCUT2D eigenvalue weighted by molar-refractivity contribution is -0.140. The van der Waals surface area contributed by atoms with E-state index in [-0.39, 0.29) is 17.0 Å². The van der Waals surface area contributed by atoms with E-state index in [0.29, 0.717) is 12.4 Å². The number of halogens is 1. The molecule has 18 heavy (non-hydrogen) atoms. The zero-order chi connectivity index (χ0) is 13.4. The third-order valence-corrected chi connectivity index (χ3v) is 3.73. The summed E-state index contributed by atoms with van der Waals surface area (Å²) in [5.74, 6) is -0.0836. The summed E-state index contributed by atoms with van der Waals surface area (Å²) in [6.45, 7) is 4.55. The standard InChI is InChI=1S/C14H19FO2S/c1-3-4-9-17-14(16)10-18-11(2)12-5-7-13(15)8-6-12/h5-8,11H,3-4,9-10H2,1-2H3. The van der Waals surface area contributed by atoms with Crippen molar-refractivity contribution in [2.45, 2.75) is 31.9 Å². The minimum atomic E-state index is -0.241. The summed E-state index contributed by atoms with van der Waals surface area (Å²) < 4.78 is 17.8. The highest BCUT2D eigenvalue weighted by Crippen LogP contribution is 2.28. The number of carbonyl (C=O) groups excluding carboxylic acids is 1. The van der Waals surface area contributed by atoms with Gasteiger partial charge in [-0.3, -0.25) is 4.79 Å². The van der Waals surface area contributed by atoms with E-state index in [1.807, 2.05) is 6.92 Å². The molecule has 1 unspecified atom stereocenters. The number of rotatable bonds is 7. The minimum absolute atomic E-state index is 0.157. The first-order chi connectivity index (χ1) is 8.63. The average Bonchev–Trinajstić information content (AvgIpc) is 2.37. The highest BCUT2D eigenvalue weighted by atomic mass is 32.2. The molecule has 1 rings (SSSR count). The summed E-state index contributed by atoms with van der Waals surface area (Å²) in [4.78, 5) is 11.4. The molecule has 0 bridgehead atoms. The molecular weight excluding hydrogens is 251 g/mol. The van der Waals surface area contributed by atoms with Crippen molar-refractivity contribution >= 4 is 17.7 Å². The fourth-order valence-electron chi connectivity index (χ4n) is 1.40. The van der Waals surface area contributed by atoms with E-state index in [9.17, 15) is 9.18 Å². The molecule has 0 aliphatic rings. The SMILES string of the molecule is CCCCOC(=O)CSC(C)c1ccc(F)cc1. The van der Waals surface area contributed by atoms with Crippen molar-refractivity contribution < 1.29 is 13.9 Å². The fourth-order valence-corrected chi connectivity index (χ4v) is 2.21. The second kappa shape index (κ2) is 8.14. The summed E-state index contributed by atoms with van der Waals surface area (Å²) in [5, 5.41) is 0.157. The van der Waals surface area contributed by atoms with Crippen molar-refractivity contribution in [3.05, 3.63) is 35.6 Å². The normalized spacial score (nSPS) is 12.2. The third kappa shape index (κ3) is 5.54. The molecule has 1 aromatic rings. The molecule has 2 nitrogen and oxygen atoms in total. The van der Waals surface area contributed by atoms with Gasteiger partial charge in [-0.05, 0) is 31.0 Å². The summed E-state index contributed by atoms with van der Waals surface area (Å²) in [6.07, 6.45) is 1.93. The first kappa shape index (κ1) is 15.0. The van der Waals surface area contributed by atoms with Gasteiger partial charge in [-0.1, -0.05) is 25.5 Å². The van der Waals surface area contributed by atoms with Gasteiger partial charge in [-0.2, -0.15) is 0 Å². The van der Waals surface area contributed by atoms with Crippen LogP contribution in [0.25, 0.3) is 0 Å². The Bertz CT molecular complexity index is 365. The van der Waals surface area contributed by atoms with E-state index in [1.165, 1.54) is 23.9 Å². The minimum Gasteiger partial charge on any atom is -0.465 e. The largest absolute Gasteiger partial charge is 0.465 e. The average molecular weight is 270 g/mol. The quantitative estimate of drug-likeness (QED) is 0.554. The molecule has 100 valence electrons. The Morgan fingerprint density at radius 2 is 2.06 bits per heavy atom. The lowest BCUT2D eigenvalue weighted by atomic mass is 10.2. The molecule has 0 fully saturated rings. The third-order valence-electron chi connectivity index (χ3n) is 2.55. The van der Waals surface area contributed by atoms with Crippen LogP contribution in [0, 0.1) is 5.82 Å². The van der Waals surface area contributed by atoms with Crippen LogP contribution in [0.4, 0.5) is 4.39 Å². The molecule has 0 spiro atoms. The van der Waals surface area contributed by atoms with Gasteiger partial charge in [0.15, 0.2) is 0 Å². The highest BCUT2D eigenvalue weighted by Gasteiger charge is 2.10. The molecular formula is C14H19FO2S. The number of unbranched alkanes of at least 4 members (excludes halogenated alkanes) is 1. The molecule has 0 N–H and O–H groups in total. The maximum absolute atomic E-state index is 12.8. The molecule has 0 saturated carbocycles. The van der Waals surface area contributed by atoms with E-state index in [4.69, 9.17) is 4.74 Å². The van der Waals surface area contributed by atoms with Gasteiger partial charge < -0.3 is 4.74 Å². The van der Waals surface area contributed by atoms with E-state index < -0.39 is 0 Å². The molecule has 1 atom stereocenters. The molecule has 0 radical (unpaired) electrons. The molecule has 0 saturated heterocycles. The Morgan fingerprint density at radius 3 is 2.67 bits per heavy atom. The van der Waals surface area contributed by atoms with E-state index in [0.717, 1.165) is 18.4 Å². The van der Waals surface area contributed by atoms with Gasteiger partial charge in [0.25, 0.3) is 0 Å². The van der Waals surface area contributed by atoms with Crippen LogP contribution in [0.5, 0.6) is 0 Å². The topological polar surface area (TPSA) is 26.3 Å². The summed E-state index contributed by atoms with van der Waals surface area (Å²) in [7, 11) is 0. The van der Waals surface area contributed by atoms with Crippen molar-refractivity contribution in [1.82, 2.24) is 0 Å². The molecule has 1 aromatic carbocycles. The van der Waals surface area contributed by atoms with E-state index >= 15 is 0 Å². The van der Waals surface area contributed by atoms with E-state index in [1.54, 1.807) is 12.1 Å². The molecule has 0 aromatic heterocycles. The lowest BCUT2D eigenvalue weighted by Gasteiger charge is -2.11. The van der Waals surface area contributed by atoms with Crippen LogP contribution < -0.4 is 0 Å². The first-order valence-corrected chi connectivity index (χ1v) is 7.21. The number of hydrogen-bond acceptors (Lipinski definition) is 3. The predicted molar refractivity (Wildman–Crippen MR) is 73.1 cm³/mol. The number of benzene rings is 1. The molecule has 0 amide bonds. The lowest BCUT2D eigenvalue weighted by Crippen LogP contribution is -2.09. The van der Waals surface area contributed by atoms with Crippen LogP contribution in [0.3, 0.4) is 0 Å². The maximum Gasteiger partial charge on any atom is 0.315 e. The van der Waals surface area contributed by atoms with Gasteiger partial charge in [-0.15, -0.1) is 11.8 Å². The number of carbonyl (C=O) groups is 1. The van der Waals surface area contributed by atoms with Crippen LogP contribution in [0.15, 0.2) is 24.3 Å². The van der Waals surface area contributed by atoms with Crippen LogP contribution in [0.1, 0.15) is 37.5 Å². The van der Waals surface area contributed by atoms with Gasteiger partial charge in [-0.25, -0.2) is 4.39 Å². The van der Waals surface area contributed by atoms with Crippen molar-refractivity contribution in [3.8, 4) is 0 Å². The van der Waals surface area contributed by atoms with Gasteiger partial charge in [0.05, 0.1) is 12.4 Å². The summed E-state index contributed by atoms with van der Waals surface area (Å²) in [5.41, 5.74) is 1.02. The van der Waals surface area contributed by atoms with Gasteiger partial charge in [0.1, 0.15) is 5.82 Å². The molecule has 4 heteroatoms. The number of hydrogen-bond donors (Lipinski definition) is 0. The second-order valence-corrected chi connectivity index (χ2v) is 5.41. The zero-order valence-electron chi connectivity index (χ0n) is 10.8. The van der Waals surface area contributed by atoms with Gasteiger partial charge in [0.2, 0.25) is 0 Å². The summed E-state index contributed by atoms with van der Waals surface area (Å²) in [6, 6.07) is 6.36. The van der Waals surface area contributed by atoms with Gasteiger partial charge in [0, 0.05) is 5.25 Å². The zero-order valence-corrected chi connectivity index (χ0v) is 11.6. The molecule has 0 heterocycles. The first-order valence-electron chi connectivity index (χ1n) is 6.16.